The molecule has 0 bridgehead atoms. The average molecular weight is 352 g/mol. The molecule has 0 saturated heterocycles. The highest BCUT2D eigenvalue weighted by atomic mass is 16.6. The van der Waals surface area contributed by atoms with E-state index in [2.05, 4.69) is 6.92 Å². The van der Waals surface area contributed by atoms with Crippen LogP contribution in [0.4, 0.5) is 4.79 Å². The third-order valence-electron chi connectivity index (χ3n) is 3.71. The fourth-order valence-corrected chi connectivity index (χ4v) is 2.10. The molecule has 8 nitrogen and oxygen atoms in total. The molecule has 0 aromatic rings. The van der Waals surface area contributed by atoms with Crippen LogP contribution in [0.25, 0.3) is 0 Å². The Balaban J connectivity index is 4.18. The number of nitrogens with zero attached hydrogens (tertiary/aromatic N) is 1. The van der Waals surface area contributed by atoms with E-state index in [1.165, 1.54) is 6.42 Å². The highest BCUT2D eigenvalue weighted by Crippen LogP contribution is 2.08. The van der Waals surface area contributed by atoms with Gasteiger partial charge in [-0.1, -0.05) is 39.0 Å². The number of hydrogen-bond acceptors (Lipinski definition) is 7. The SMILES string of the molecule is [2H]CN(C[C@H](O)[C@@H](O)[C@H](O)[C@H](O)CO)C(=O)OCCCCCCCC. The molecular formula is C16H33NO7. The number of carbonyl (C=O) groups excluding carboxylic acids is 1. The fourth-order valence-electron chi connectivity index (χ4n) is 2.10. The number of rotatable bonds is 13. The van der Waals surface area contributed by atoms with Gasteiger partial charge in [0.05, 0.1) is 19.8 Å². The number of carbonyl (C=O) groups is 1. The summed E-state index contributed by atoms with van der Waals surface area (Å²) in [6, 6.07) is 0. The molecule has 1 amide bonds. The lowest BCUT2D eigenvalue weighted by Gasteiger charge is -2.28. The minimum absolute atomic E-state index is 0.214. The summed E-state index contributed by atoms with van der Waals surface area (Å²) in [5.41, 5.74) is 0. The molecule has 0 fully saturated rings. The number of aliphatic hydroxyl groups excluding tert-OH is 5. The highest BCUT2D eigenvalue weighted by molar-refractivity contribution is 5.67. The molecule has 0 radical (unpaired) electrons. The molecule has 0 aliphatic heterocycles. The molecule has 8 heteroatoms. The third-order valence-corrected chi connectivity index (χ3v) is 3.71. The molecule has 4 atom stereocenters. The van der Waals surface area contributed by atoms with Crippen LogP contribution in [0.1, 0.15) is 46.8 Å². The number of aliphatic hydroxyl groups is 5. The largest absolute Gasteiger partial charge is 0.449 e. The molecular weight excluding hydrogens is 318 g/mol. The fraction of sp³-hybridized carbons (Fsp3) is 0.938. The first-order valence-electron chi connectivity index (χ1n) is 9.13. The lowest BCUT2D eigenvalue weighted by molar-refractivity contribution is -0.117. The zero-order chi connectivity index (χ0) is 19.2. The summed E-state index contributed by atoms with van der Waals surface area (Å²) in [4.78, 5) is 12.7. The van der Waals surface area contributed by atoms with Crippen molar-refractivity contribution in [2.24, 2.45) is 0 Å². The zero-order valence-corrected chi connectivity index (χ0v) is 14.4. The van der Waals surface area contributed by atoms with Crippen LogP contribution in [0.5, 0.6) is 0 Å². The van der Waals surface area contributed by atoms with Gasteiger partial charge in [0.15, 0.2) is 0 Å². The van der Waals surface area contributed by atoms with E-state index >= 15 is 0 Å². The van der Waals surface area contributed by atoms with E-state index in [1.807, 2.05) is 0 Å². The van der Waals surface area contributed by atoms with Crippen molar-refractivity contribution in [3.8, 4) is 0 Å². The van der Waals surface area contributed by atoms with Crippen molar-refractivity contribution in [1.82, 2.24) is 4.90 Å². The van der Waals surface area contributed by atoms with E-state index in [4.69, 9.17) is 11.2 Å². The highest BCUT2D eigenvalue weighted by Gasteiger charge is 2.31. The van der Waals surface area contributed by atoms with Crippen LogP contribution < -0.4 is 0 Å². The van der Waals surface area contributed by atoms with Gasteiger partial charge < -0.3 is 35.2 Å². The first-order chi connectivity index (χ1) is 11.9. The van der Waals surface area contributed by atoms with Crippen LogP contribution in [-0.2, 0) is 4.74 Å². The van der Waals surface area contributed by atoms with Crippen LogP contribution in [-0.4, -0.2) is 87.7 Å². The van der Waals surface area contributed by atoms with E-state index in [-0.39, 0.29) is 6.61 Å². The molecule has 24 heavy (non-hydrogen) atoms. The van der Waals surface area contributed by atoms with Crippen molar-refractivity contribution < 1.29 is 36.4 Å². The van der Waals surface area contributed by atoms with Gasteiger partial charge in [-0.15, -0.1) is 0 Å². The number of likely N-dealkylation sites (N-methyl/N-ethyl adjacent to an activating group) is 1. The number of amides is 1. The van der Waals surface area contributed by atoms with E-state index in [1.54, 1.807) is 0 Å². The van der Waals surface area contributed by atoms with Gasteiger partial charge in [0, 0.05) is 8.39 Å². The van der Waals surface area contributed by atoms with Gasteiger partial charge in [-0.25, -0.2) is 4.79 Å². The summed E-state index contributed by atoms with van der Waals surface area (Å²) in [7, 11) is -0.488. The van der Waals surface area contributed by atoms with Gasteiger partial charge in [-0.05, 0) is 6.42 Å². The number of ether oxygens (including phenoxy) is 1. The van der Waals surface area contributed by atoms with Crippen molar-refractivity contribution in [1.29, 1.82) is 0 Å². The maximum absolute atomic E-state index is 11.9. The van der Waals surface area contributed by atoms with Gasteiger partial charge in [0.25, 0.3) is 0 Å². The van der Waals surface area contributed by atoms with Crippen LogP contribution in [0.15, 0.2) is 0 Å². The molecule has 0 aliphatic rings. The van der Waals surface area contributed by atoms with Gasteiger partial charge in [0.1, 0.15) is 24.4 Å². The summed E-state index contributed by atoms with van der Waals surface area (Å²) in [6.07, 6.45) is -1.32. The predicted octanol–water partition coefficient (Wildman–Crippen LogP) is -0.149. The second kappa shape index (κ2) is 13.4. The van der Waals surface area contributed by atoms with E-state index in [0.717, 1.165) is 30.6 Å². The second-order valence-corrected chi connectivity index (χ2v) is 5.90. The lowest BCUT2D eigenvalue weighted by atomic mass is 10.0. The molecule has 0 spiro atoms. The quantitative estimate of drug-likeness (QED) is 0.291. The van der Waals surface area contributed by atoms with Gasteiger partial charge in [0.2, 0.25) is 0 Å². The maximum atomic E-state index is 11.9. The molecule has 0 saturated carbocycles. The zero-order valence-electron chi connectivity index (χ0n) is 15.4. The Morgan fingerprint density at radius 3 is 2.21 bits per heavy atom. The topological polar surface area (TPSA) is 131 Å². The van der Waals surface area contributed by atoms with Crippen LogP contribution in [0.2, 0.25) is 0 Å². The van der Waals surface area contributed by atoms with Crippen molar-refractivity contribution >= 4 is 6.09 Å². The third kappa shape index (κ3) is 9.39. The minimum atomic E-state index is -1.78. The van der Waals surface area contributed by atoms with Gasteiger partial charge >= 0.3 is 6.09 Å². The number of hydrogen-bond donors (Lipinski definition) is 5. The Hall–Kier alpha value is -0.930. The summed E-state index contributed by atoms with van der Waals surface area (Å²) >= 11 is 0. The Morgan fingerprint density at radius 2 is 1.62 bits per heavy atom. The normalized spacial score (nSPS) is 16.8. The molecule has 0 aliphatic carbocycles. The van der Waals surface area contributed by atoms with Crippen LogP contribution in [0, 0.1) is 0 Å². The van der Waals surface area contributed by atoms with Crippen molar-refractivity contribution in [2.75, 3.05) is 26.8 Å². The maximum Gasteiger partial charge on any atom is 0.409 e. The summed E-state index contributed by atoms with van der Waals surface area (Å²) in [5.74, 6) is 0. The lowest BCUT2D eigenvalue weighted by Crippen LogP contribution is -2.50. The Morgan fingerprint density at radius 1 is 1.04 bits per heavy atom. The minimum Gasteiger partial charge on any atom is -0.449 e. The van der Waals surface area contributed by atoms with E-state index < -0.39 is 50.7 Å². The van der Waals surface area contributed by atoms with E-state index in [9.17, 15) is 25.2 Å². The monoisotopic (exact) mass is 352 g/mol. The first kappa shape index (κ1) is 21.1. The van der Waals surface area contributed by atoms with E-state index in [0.29, 0.717) is 6.42 Å². The molecule has 144 valence electrons. The van der Waals surface area contributed by atoms with Crippen LogP contribution in [0.3, 0.4) is 0 Å². The number of unbranched alkanes of at least 4 members (excludes halogenated alkanes) is 5. The molecule has 5 N–H and O–H groups in total. The Kier molecular flexibility index (Phi) is 11.8. The van der Waals surface area contributed by atoms with Crippen molar-refractivity contribution in [2.45, 2.75) is 69.9 Å². The Labute approximate surface area is 145 Å². The summed E-state index contributed by atoms with van der Waals surface area (Å²) in [5, 5.41) is 47.1. The first-order valence-corrected chi connectivity index (χ1v) is 8.43. The van der Waals surface area contributed by atoms with Crippen LogP contribution >= 0.6 is 0 Å². The van der Waals surface area contributed by atoms with Crippen molar-refractivity contribution in [3.63, 3.8) is 0 Å². The standard InChI is InChI=1S/C16H33NO7/c1-3-4-5-6-7-8-9-24-16(23)17(2)10-12(19)14(21)15(22)13(20)11-18/h12-15,18-22H,3-11H2,1-2H3/t12-,13+,14+,15+/m0/s1/i2D. The summed E-state index contributed by atoms with van der Waals surface area (Å²) < 4.78 is 12.4. The molecule has 0 rings (SSSR count). The van der Waals surface area contributed by atoms with Crippen molar-refractivity contribution in [3.05, 3.63) is 0 Å². The van der Waals surface area contributed by atoms with Gasteiger partial charge in [-0.3, -0.25) is 0 Å². The molecule has 0 heterocycles. The second-order valence-electron chi connectivity index (χ2n) is 5.90. The van der Waals surface area contributed by atoms with Gasteiger partial charge in [-0.2, -0.15) is 0 Å². The smallest absolute Gasteiger partial charge is 0.409 e. The molecule has 0 aromatic heterocycles. The molecule has 0 aromatic carbocycles. The average Bonchev–Trinajstić information content (AvgIpc) is 2.62. The predicted molar refractivity (Wildman–Crippen MR) is 88.5 cm³/mol. The Bertz CT molecular complexity index is 348. The molecule has 0 unspecified atom stereocenters. The summed E-state index contributed by atoms with van der Waals surface area (Å²) in [6.45, 7) is 1.13.